The Morgan fingerprint density at radius 1 is 1.25 bits per heavy atom. The maximum atomic E-state index is 11.4. The van der Waals surface area contributed by atoms with Crippen molar-refractivity contribution in [2.45, 2.75) is 40.7 Å². The van der Waals surface area contributed by atoms with Gasteiger partial charge in [0.05, 0.1) is 5.41 Å². The molecule has 0 aromatic rings. The van der Waals surface area contributed by atoms with E-state index in [4.69, 9.17) is 5.11 Å². The Morgan fingerprint density at radius 3 is 2.12 bits per heavy atom. The molecule has 0 fully saturated rings. The summed E-state index contributed by atoms with van der Waals surface area (Å²) in [6.07, 6.45) is 0. The summed E-state index contributed by atoms with van der Waals surface area (Å²) in [5.74, 6) is -0.581. The number of urea groups is 1. The minimum absolute atomic E-state index is 0.0629. The lowest BCUT2D eigenvalue weighted by molar-refractivity contribution is -0.146. The number of rotatable bonds is 5. The summed E-state index contributed by atoms with van der Waals surface area (Å²) in [4.78, 5) is 22.2. The summed E-state index contributed by atoms with van der Waals surface area (Å²) < 4.78 is 0. The maximum Gasteiger partial charge on any atom is 0.315 e. The van der Waals surface area contributed by atoms with E-state index in [1.54, 1.807) is 13.8 Å². The van der Waals surface area contributed by atoms with Gasteiger partial charge < -0.3 is 15.7 Å². The number of nitrogens with one attached hydrogen (secondary N) is 2. The largest absolute Gasteiger partial charge is 0.481 e. The second kappa shape index (κ2) is 5.72. The fourth-order valence-electron chi connectivity index (χ4n) is 0.801. The first-order valence-corrected chi connectivity index (χ1v) is 5.44. The molecule has 0 rings (SSSR count). The molecule has 0 aromatic heterocycles. The standard InChI is InChI=1S/C11H22N2O3/c1-7(2)8(3)13-10(16)12-6-11(4,5)9(14)15/h7-8H,6H2,1-5H3,(H,14,15)(H2,12,13,16). The van der Waals surface area contributed by atoms with E-state index >= 15 is 0 Å². The van der Waals surface area contributed by atoms with E-state index in [2.05, 4.69) is 10.6 Å². The van der Waals surface area contributed by atoms with Crippen molar-refractivity contribution in [1.82, 2.24) is 10.6 Å². The van der Waals surface area contributed by atoms with Gasteiger partial charge in [-0.05, 0) is 26.7 Å². The third-order valence-corrected chi connectivity index (χ3v) is 2.63. The van der Waals surface area contributed by atoms with Gasteiger partial charge in [-0.3, -0.25) is 4.79 Å². The summed E-state index contributed by atoms with van der Waals surface area (Å²) in [5.41, 5.74) is -0.946. The van der Waals surface area contributed by atoms with Crippen molar-refractivity contribution in [2.75, 3.05) is 6.54 Å². The molecular formula is C11H22N2O3. The maximum absolute atomic E-state index is 11.4. The average Bonchev–Trinajstić information content (AvgIpc) is 2.14. The second-order valence-electron chi connectivity index (χ2n) is 5.05. The minimum Gasteiger partial charge on any atom is -0.481 e. The van der Waals surface area contributed by atoms with E-state index in [9.17, 15) is 9.59 Å². The van der Waals surface area contributed by atoms with Crippen LogP contribution >= 0.6 is 0 Å². The highest BCUT2D eigenvalue weighted by Gasteiger charge is 2.27. The van der Waals surface area contributed by atoms with Crippen molar-refractivity contribution in [2.24, 2.45) is 11.3 Å². The normalized spacial score (nSPS) is 13.4. The molecule has 1 unspecified atom stereocenters. The van der Waals surface area contributed by atoms with E-state index in [1.807, 2.05) is 20.8 Å². The summed E-state index contributed by atoms with van der Waals surface area (Å²) in [5, 5.41) is 14.2. The van der Waals surface area contributed by atoms with Gasteiger partial charge in [0.2, 0.25) is 0 Å². The molecule has 3 N–H and O–H groups in total. The summed E-state index contributed by atoms with van der Waals surface area (Å²) in [6.45, 7) is 9.17. The van der Waals surface area contributed by atoms with Crippen LogP contribution in [0.5, 0.6) is 0 Å². The molecule has 0 saturated carbocycles. The fraction of sp³-hybridized carbons (Fsp3) is 0.818. The summed E-state index contributed by atoms with van der Waals surface area (Å²) in [6, 6.07) is -0.261. The number of hydrogen-bond acceptors (Lipinski definition) is 2. The van der Waals surface area contributed by atoms with Gasteiger partial charge in [-0.15, -0.1) is 0 Å². The van der Waals surface area contributed by atoms with Gasteiger partial charge in [-0.2, -0.15) is 0 Å². The number of carboxylic acid groups (broad SMARTS) is 1. The lowest BCUT2D eigenvalue weighted by Crippen LogP contribution is -2.47. The van der Waals surface area contributed by atoms with Crippen LogP contribution in [0.25, 0.3) is 0 Å². The molecule has 0 bridgehead atoms. The van der Waals surface area contributed by atoms with Crippen molar-refractivity contribution < 1.29 is 14.7 Å². The van der Waals surface area contributed by atoms with Crippen molar-refractivity contribution in [1.29, 1.82) is 0 Å². The van der Waals surface area contributed by atoms with Gasteiger partial charge in [0.25, 0.3) is 0 Å². The molecule has 0 heterocycles. The first-order valence-electron chi connectivity index (χ1n) is 5.44. The van der Waals surface area contributed by atoms with Gasteiger partial charge in [-0.25, -0.2) is 4.79 Å². The summed E-state index contributed by atoms with van der Waals surface area (Å²) in [7, 11) is 0. The van der Waals surface area contributed by atoms with Crippen molar-refractivity contribution in [3.8, 4) is 0 Å². The zero-order valence-corrected chi connectivity index (χ0v) is 10.6. The van der Waals surface area contributed by atoms with Gasteiger partial charge in [0.15, 0.2) is 0 Å². The van der Waals surface area contributed by atoms with E-state index < -0.39 is 11.4 Å². The van der Waals surface area contributed by atoms with Crippen LogP contribution in [-0.4, -0.2) is 29.7 Å². The molecule has 0 aromatic carbocycles. The fourth-order valence-corrected chi connectivity index (χ4v) is 0.801. The van der Waals surface area contributed by atoms with Crippen LogP contribution in [0, 0.1) is 11.3 Å². The monoisotopic (exact) mass is 230 g/mol. The minimum atomic E-state index is -0.946. The second-order valence-corrected chi connectivity index (χ2v) is 5.05. The zero-order valence-electron chi connectivity index (χ0n) is 10.6. The number of carbonyl (C=O) groups is 2. The van der Waals surface area contributed by atoms with Crippen LogP contribution in [0.15, 0.2) is 0 Å². The zero-order chi connectivity index (χ0) is 12.9. The lowest BCUT2D eigenvalue weighted by Gasteiger charge is -2.22. The summed E-state index contributed by atoms with van der Waals surface area (Å²) >= 11 is 0. The van der Waals surface area contributed by atoms with Gasteiger partial charge in [0.1, 0.15) is 0 Å². The Kier molecular flexibility index (Phi) is 5.27. The Morgan fingerprint density at radius 2 is 1.75 bits per heavy atom. The SMILES string of the molecule is CC(C)C(C)NC(=O)NCC(C)(C)C(=O)O. The molecule has 0 spiro atoms. The van der Waals surface area contributed by atoms with Crippen LogP contribution < -0.4 is 10.6 Å². The molecule has 0 aliphatic rings. The molecule has 16 heavy (non-hydrogen) atoms. The van der Waals surface area contributed by atoms with E-state index in [0.717, 1.165) is 0 Å². The lowest BCUT2D eigenvalue weighted by atomic mass is 9.94. The Hall–Kier alpha value is -1.26. The molecular weight excluding hydrogens is 208 g/mol. The van der Waals surface area contributed by atoms with Crippen LogP contribution in [0.3, 0.4) is 0 Å². The highest BCUT2D eigenvalue weighted by Crippen LogP contribution is 2.12. The number of hydrogen-bond donors (Lipinski definition) is 3. The Bertz CT molecular complexity index is 262. The van der Waals surface area contributed by atoms with Crippen LogP contribution in [-0.2, 0) is 4.79 Å². The predicted molar refractivity (Wildman–Crippen MR) is 62.3 cm³/mol. The average molecular weight is 230 g/mol. The van der Waals surface area contributed by atoms with Crippen molar-refractivity contribution in [3.63, 3.8) is 0 Å². The van der Waals surface area contributed by atoms with E-state index in [-0.39, 0.29) is 18.6 Å². The molecule has 0 aliphatic carbocycles. The Balaban J connectivity index is 4.04. The third kappa shape index (κ3) is 5.00. The van der Waals surface area contributed by atoms with Gasteiger partial charge in [-0.1, -0.05) is 13.8 Å². The molecule has 0 saturated heterocycles. The molecule has 1 atom stereocenters. The first kappa shape index (κ1) is 14.7. The molecule has 5 nitrogen and oxygen atoms in total. The van der Waals surface area contributed by atoms with Crippen molar-refractivity contribution in [3.05, 3.63) is 0 Å². The van der Waals surface area contributed by atoms with E-state index in [1.165, 1.54) is 0 Å². The third-order valence-electron chi connectivity index (χ3n) is 2.63. The molecule has 94 valence electrons. The van der Waals surface area contributed by atoms with Crippen LogP contribution in [0.2, 0.25) is 0 Å². The van der Waals surface area contributed by atoms with E-state index in [0.29, 0.717) is 5.92 Å². The number of carboxylic acids is 1. The highest BCUT2D eigenvalue weighted by atomic mass is 16.4. The first-order chi connectivity index (χ1) is 7.16. The predicted octanol–water partition coefficient (Wildman–Crippen LogP) is 1.44. The smallest absolute Gasteiger partial charge is 0.315 e. The molecule has 5 heteroatoms. The van der Waals surface area contributed by atoms with Crippen LogP contribution in [0.1, 0.15) is 34.6 Å². The number of aliphatic carboxylic acids is 1. The van der Waals surface area contributed by atoms with Crippen LogP contribution in [0.4, 0.5) is 4.79 Å². The quantitative estimate of drug-likeness (QED) is 0.668. The molecule has 0 radical (unpaired) electrons. The number of amides is 2. The van der Waals surface area contributed by atoms with Gasteiger partial charge >= 0.3 is 12.0 Å². The van der Waals surface area contributed by atoms with Gasteiger partial charge in [0, 0.05) is 12.6 Å². The molecule has 0 aliphatic heterocycles. The van der Waals surface area contributed by atoms with Crippen molar-refractivity contribution >= 4 is 12.0 Å². The highest BCUT2D eigenvalue weighted by molar-refractivity contribution is 5.77. The molecule has 2 amide bonds. The topological polar surface area (TPSA) is 78.4 Å². The number of carbonyl (C=O) groups excluding carboxylic acids is 1. The Labute approximate surface area is 96.6 Å².